The van der Waals surface area contributed by atoms with Gasteiger partial charge in [0.05, 0.1) is 30.1 Å². The molecule has 0 atom stereocenters. The van der Waals surface area contributed by atoms with Crippen molar-refractivity contribution in [2.75, 3.05) is 25.2 Å². The quantitative estimate of drug-likeness (QED) is 0.721. The number of hydrogen-bond donors (Lipinski definition) is 0. The normalized spacial score (nSPS) is 11.4. The van der Waals surface area contributed by atoms with Crippen molar-refractivity contribution >= 4 is 17.3 Å². The zero-order valence-electron chi connectivity index (χ0n) is 12.5. The van der Waals surface area contributed by atoms with Gasteiger partial charge in [-0.2, -0.15) is 0 Å². The number of alkyl halides is 1. The average Bonchev–Trinajstić information content (AvgIpc) is 2.38. The van der Waals surface area contributed by atoms with Crippen molar-refractivity contribution in [3.63, 3.8) is 0 Å². The summed E-state index contributed by atoms with van der Waals surface area (Å²) in [5.74, 6) is 1.55. The molecule has 0 aliphatic heterocycles. The van der Waals surface area contributed by atoms with Crippen molar-refractivity contribution in [2.45, 2.75) is 45.5 Å². The Morgan fingerprint density at radius 3 is 2.47 bits per heavy atom. The molecule has 0 bridgehead atoms. The first-order valence-corrected chi connectivity index (χ1v) is 7.22. The van der Waals surface area contributed by atoms with E-state index in [1.54, 1.807) is 7.11 Å². The number of halogens is 1. The Kier molecular flexibility index (Phi) is 6.52. The highest BCUT2D eigenvalue weighted by atomic mass is 35.5. The summed E-state index contributed by atoms with van der Waals surface area (Å²) in [6.07, 6.45) is 1.88. The van der Waals surface area contributed by atoms with Gasteiger partial charge in [0.25, 0.3) is 0 Å². The number of hydrogen-bond acceptors (Lipinski definition) is 4. The maximum absolute atomic E-state index is 6.04. The second-order valence-corrected chi connectivity index (χ2v) is 5.40. The highest BCUT2D eigenvalue weighted by Gasteiger charge is 2.17. The van der Waals surface area contributed by atoms with Gasteiger partial charge in [0.15, 0.2) is 0 Å². The Morgan fingerprint density at radius 2 is 2.00 bits per heavy atom. The summed E-state index contributed by atoms with van der Waals surface area (Å²) in [4.78, 5) is 11.2. The third kappa shape index (κ3) is 4.32. The Balaban J connectivity index is 3.08. The molecule has 4 nitrogen and oxygen atoms in total. The van der Waals surface area contributed by atoms with E-state index in [2.05, 4.69) is 42.6 Å². The predicted octanol–water partition coefficient (Wildman–Crippen LogP) is 3.20. The number of methoxy groups -OCH3 is 1. The summed E-state index contributed by atoms with van der Waals surface area (Å²) in [6, 6.07) is 0.352. The highest BCUT2D eigenvalue weighted by molar-refractivity contribution is 6.17. The Hall–Kier alpha value is -0.870. The van der Waals surface area contributed by atoms with Crippen LogP contribution in [0.1, 0.15) is 45.1 Å². The topological polar surface area (TPSA) is 38.2 Å². The van der Waals surface area contributed by atoms with Crippen LogP contribution in [-0.2, 0) is 10.6 Å². The summed E-state index contributed by atoms with van der Waals surface area (Å²) < 4.78 is 5.16. The molecule has 0 aliphatic rings. The summed E-state index contributed by atoms with van der Waals surface area (Å²) in [7, 11) is 1.71. The third-order valence-corrected chi connectivity index (χ3v) is 3.23. The lowest BCUT2D eigenvalue weighted by molar-refractivity contribution is 0.203. The van der Waals surface area contributed by atoms with Crippen LogP contribution in [0.25, 0.3) is 0 Å². The molecule has 0 saturated carbocycles. The standard InChI is InChI=1S/C14H24ClN3O/c1-10(2)14-16-9-13(12(8-15)17-14)18(11(3)4)6-7-19-5/h9-11H,6-8H2,1-5H3. The van der Waals surface area contributed by atoms with Gasteiger partial charge in [0.1, 0.15) is 5.82 Å². The number of rotatable bonds is 7. The van der Waals surface area contributed by atoms with Crippen molar-refractivity contribution in [3.8, 4) is 0 Å². The summed E-state index contributed by atoms with van der Waals surface area (Å²) in [5.41, 5.74) is 1.90. The smallest absolute Gasteiger partial charge is 0.131 e. The third-order valence-electron chi connectivity index (χ3n) is 2.98. The number of ether oxygens (including phenoxy) is 1. The Morgan fingerprint density at radius 1 is 1.32 bits per heavy atom. The molecule has 0 amide bonds. The van der Waals surface area contributed by atoms with E-state index in [0.717, 1.165) is 23.8 Å². The molecule has 0 radical (unpaired) electrons. The molecule has 1 aromatic rings. The molecule has 19 heavy (non-hydrogen) atoms. The van der Waals surface area contributed by atoms with E-state index < -0.39 is 0 Å². The van der Waals surface area contributed by atoms with Gasteiger partial charge in [-0.15, -0.1) is 11.6 Å². The van der Waals surface area contributed by atoms with Crippen LogP contribution >= 0.6 is 11.6 Å². The first kappa shape index (κ1) is 16.2. The van der Waals surface area contributed by atoms with Crippen LogP contribution in [0.5, 0.6) is 0 Å². The summed E-state index contributed by atoms with van der Waals surface area (Å²) in [6.45, 7) is 9.93. The molecular formula is C14H24ClN3O. The molecule has 0 unspecified atom stereocenters. The molecule has 0 aromatic carbocycles. The molecule has 0 fully saturated rings. The van der Waals surface area contributed by atoms with Gasteiger partial charge in [0, 0.05) is 25.6 Å². The maximum Gasteiger partial charge on any atom is 0.131 e. The Bertz CT molecular complexity index is 396. The minimum absolute atomic E-state index is 0.308. The van der Waals surface area contributed by atoms with Crippen molar-refractivity contribution in [3.05, 3.63) is 17.7 Å². The van der Waals surface area contributed by atoms with Gasteiger partial charge < -0.3 is 9.64 Å². The fraction of sp³-hybridized carbons (Fsp3) is 0.714. The van der Waals surface area contributed by atoms with Crippen LogP contribution in [0.4, 0.5) is 5.69 Å². The summed E-state index contributed by atoms with van der Waals surface area (Å²) in [5, 5.41) is 0. The first-order chi connectivity index (χ1) is 9.01. The minimum atomic E-state index is 0.308. The summed E-state index contributed by atoms with van der Waals surface area (Å²) >= 11 is 6.04. The van der Waals surface area contributed by atoms with Crippen molar-refractivity contribution < 1.29 is 4.74 Å². The van der Waals surface area contributed by atoms with Gasteiger partial charge in [0.2, 0.25) is 0 Å². The number of aromatic nitrogens is 2. The lowest BCUT2D eigenvalue weighted by atomic mass is 10.2. The highest BCUT2D eigenvalue weighted by Crippen LogP contribution is 2.23. The Labute approximate surface area is 121 Å². The van der Waals surface area contributed by atoms with Crippen molar-refractivity contribution in [2.24, 2.45) is 0 Å². The molecule has 0 spiro atoms. The molecule has 1 heterocycles. The fourth-order valence-corrected chi connectivity index (χ4v) is 2.09. The van der Waals surface area contributed by atoms with E-state index in [0.29, 0.717) is 24.4 Å². The van der Waals surface area contributed by atoms with Gasteiger partial charge in [-0.3, -0.25) is 0 Å². The zero-order valence-corrected chi connectivity index (χ0v) is 13.2. The second kappa shape index (κ2) is 7.65. The van der Waals surface area contributed by atoms with E-state index in [1.807, 2.05) is 6.20 Å². The van der Waals surface area contributed by atoms with Crippen molar-refractivity contribution in [1.82, 2.24) is 9.97 Å². The second-order valence-electron chi connectivity index (χ2n) is 5.13. The van der Waals surface area contributed by atoms with Crippen LogP contribution in [0, 0.1) is 0 Å². The van der Waals surface area contributed by atoms with Gasteiger partial charge >= 0.3 is 0 Å². The first-order valence-electron chi connectivity index (χ1n) is 6.68. The number of anilines is 1. The molecule has 108 valence electrons. The molecule has 0 N–H and O–H groups in total. The van der Waals surface area contributed by atoms with E-state index >= 15 is 0 Å². The van der Waals surface area contributed by atoms with Crippen LogP contribution in [-0.4, -0.2) is 36.3 Å². The predicted molar refractivity (Wildman–Crippen MR) is 80.0 cm³/mol. The SMILES string of the molecule is COCCN(c1cnc(C(C)C)nc1CCl)C(C)C. The number of nitrogens with zero attached hydrogens (tertiary/aromatic N) is 3. The largest absolute Gasteiger partial charge is 0.383 e. The van der Waals surface area contributed by atoms with E-state index in [9.17, 15) is 0 Å². The average molecular weight is 286 g/mol. The van der Waals surface area contributed by atoms with E-state index in [4.69, 9.17) is 16.3 Å². The molecule has 1 rings (SSSR count). The molecule has 5 heteroatoms. The molecule has 0 aliphatic carbocycles. The van der Waals surface area contributed by atoms with Crippen LogP contribution in [0.2, 0.25) is 0 Å². The van der Waals surface area contributed by atoms with E-state index in [-0.39, 0.29) is 0 Å². The van der Waals surface area contributed by atoms with Gasteiger partial charge in [-0.05, 0) is 13.8 Å². The van der Waals surface area contributed by atoms with Crippen molar-refractivity contribution in [1.29, 1.82) is 0 Å². The maximum atomic E-state index is 6.04. The van der Waals surface area contributed by atoms with E-state index in [1.165, 1.54) is 0 Å². The fourth-order valence-electron chi connectivity index (χ4n) is 1.89. The monoisotopic (exact) mass is 285 g/mol. The van der Waals surface area contributed by atoms with Crippen LogP contribution < -0.4 is 4.90 Å². The van der Waals surface area contributed by atoms with Crippen LogP contribution in [0.15, 0.2) is 6.20 Å². The van der Waals surface area contributed by atoms with Crippen LogP contribution in [0.3, 0.4) is 0 Å². The molecule has 0 saturated heterocycles. The minimum Gasteiger partial charge on any atom is -0.383 e. The van der Waals surface area contributed by atoms with Gasteiger partial charge in [-0.25, -0.2) is 9.97 Å². The lowest BCUT2D eigenvalue weighted by Gasteiger charge is -2.29. The lowest BCUT2D eigenvalue weighted by Crippen LogP contribution is -2.35. The molecular weight excluding hydrogens is 262 g/mol. The van der Waals surface area contributed by atoms with Gasteiger partial charge in [-0.1, -0.05) is 13.8 Å². The molecule has 1 aromatic heterocycles. The zero-order chi connectivity index (χ0) is 14.4.